The van der Waals surface area contributed by atoms with Gasteiger partial charge in [0.15, 0.2) is 0 Å². The Morgan fingerprint density at radius 1 is 1.11 bits per heavy atom. The molecule has 2 atom stereocenters. The maximum Gasteiger partial charge on any atom is 0.0411 e. The van der Waals surface area contributed by atoms with Gasteiger partial charge in [-0.2, -0.15) is 11.8 Å². The van der Waals surface area contributed by atoms with E-state index < -0.39 is 0 Å². The summed E-state index contributed by atoms with van der Waals surface area (Å²) in [5, 5.41) is 4.43. The quantitative estimate of drug-likeness (QED) is 0.695. The molecule has 0 spiro atoms. The van der Waals surface area contributed by atoms with Gasteiger partial charge in [0.1, 0.15) is 0 Å². The zero-order chi connectivity index (χ0) is 14.1. The van der Waals surface area contributed by atoms with Gasteiger partial charge in [0.05, 0.1) is 0 Å². The lowest BCUT2D eigenvalue weighted by molar-refractivity contribution is 0.576. The smallest absolute Gasteiger partial charge is 0.0411 e. The normalized spacial score (nSPS) is 14.3. The van der Waals surface area contributed by atoms with Crippen LogP contribution in [0.5, 0.6) is 0 Å². The maximum absolute atomic E-state index is 3.68. The molecule has 0 aliphatic heterocycles. The van der Waals surface area contributed by atoms with E-state index in [4.69, 9.17) is 0 Å². The Labute approximate surface area is 123 Å². The second-order valence-corrected chi connectivity index (χ2v) is 6.63. The fourth-order valence-corrected chi connectivity index (χ4v) is 3.02. The molecule has 1 N–H and O–H groups in total. The van der Waals surface area contributed by atoms with Gasteiger partial charge in [-0.25, -0.2) is 0 Å². The molecule has 2 heteroatoms. The first kappa shape index (κ1) is 16.6. The molecule has 0 bridgehead atoms. The molecule has 0 fully saturated rings. The number of benzene rings is 1. The van der Waals surface area contributed by atoms with Crippen LogP contribution >= 0.6 is 11.8 Å². The molecule has 0 heterocycles. The average Bonchev–Trinajstić information content (AvgIpc) is 2.47. The zero-order valence-electron chi connectivity index (χ0n) is 12.9. The van der Waals surface area contributed by atoms with Crippen LogP contribution < -0.4 is 5.32 Å². The molecule has 0 saturated carbocycles. The van der Waals surface area contributed by atoms with E-state index in [2.05, 4.69) is 69.0 Å². The molecule has 2 unspecified atom stereocenters. The van der Waals surface area contributed by atoms with Gasteiger partial charge in [0.2, 0.25) is 0 Å². The van der Waals surface area contributed by atoms with Crippen molar-refractivity contribution in [1.29, 1.82) is 0 Å². The fourth-order valence-electron chi connectivity index (χ4n) is 1.96. The Hall–Kier alpha value is -0.470. The first-order valence-electron chi connectivity index (χ1n) is 7.65. The Bertz CT molecular complexity index is 334. The summed E-state index contributed by atoms with van der Waals surface area (Å²) in [6.45, 7) is 10.1. The van der Waals surface area contributed by atoms with Gasteiger partial charge in [0, 0.05) is 17.0 Å². The fraction of sp³-hybridized carbons (Fsp3) is 0.647. The lowest BCUT2D eigenvalue weighted by atomic mass is 10.0. The van der Waals surface area contributed by atoms with Gasteiger partial charge in [-0.05, 0) is 36.9 Å². The summed E-state index contributed by atoms with van der Waals surface area (Å²) in [4.78, 5) is 0. The Morgan fingerprint density at radius 2 is 1.79 bits per heavy atom. The van der Waals surface area contributed by atoms with Crippen molar-refractivity contribution in [3.05, 3.63) is 35.4 Å². The maximum atomic E-state index is 3.68. The molecule has 19 heavy (non-hydrogen) atoms. The van der Waals surface area contributed by atoms with Crippen LogP contribution in [0.2, 0.25) is 0 Å². The van der Waals surface area contributed by atoms with E-state index in [0.29, 0.717) is 6.04 Å². The third kappa shape index (κ3) is 6.01. The number of hydrogen-bond donors (Lipinski definition) is 1. The average molecular weight is 279 g/mol. The van der Waals surface area contributed by atoms with Gasteiger partial charge < -0.3 is 5.32 Å². The van der Waals surface area contributed by atoms with Crippen LogP contribution in [0.4, 0.5) is 0 Å². The summed E-state index contributed by atoms with van der Waals surface area (Å²) in [6, 6.07) is 9.62. The van der Waals surface area contributed by atoms with E-state index in [0.717, 1.165) is 18.2 Å². The van der Waals surface area contributed by atoms with Crippen LogP contribution in [0.15, 0.2) is 24.3 Å². The van der Waals surface area contributed by atoms with E-state index in [1.165, 1.54) is 29.7 Å². The standard InChI is InChI=1S/C17H29NS/c1-5-12-18-17(13-19-14(4)6-2)16-10-8-15(7-3)9-11-16/h8-11,14,17-18H,5-7,12-13H2,1-4H3. The highest BCUT2D eigenvalue weighted by Crippen LogP contribution is 2.23. The minimum absolute atomic E-state index is 0.491. The monoisotopic (exact) mass is 279 g/mol. The van der Waals surface area contributed by atoms with Gasteiger partial charge >= 0.3 is 0 Å². The van der Waals surface area contributed by atoms with E-state index in [1.54, 1.807) is 0 Å². The summed E-state index contributed by atoms with van der Waals surface area (Å²) >= 11 is 2.08. The van der Waals surface area contributed by atoms with Crippen molar-refractivity contribution >= 4 is 11.8 Å². The molecule has 0 aromatic heterocycles. The van der Waals surface area contributed by atoms with Crippen molar-refractivity contribution in [3.8, 4) is 0 Å². The van der Waals surface area contributed by atoms with Crippen molar-refractivity contribution in [2.75, 3.05) is 12.3 Å². The third-order valence-corrected chi connectivity index (χ3v) is 4.98. The molecule has 1 aromatic rings. The van der Waals surface area contributed by atoms with Crippen molar-refractivity contribution in [2.24, 2.45) is 0 Å². The zero-order valence-corrected chi connectivity index (χ0v) is 13.7. The number of hydrogen-bond acceptors (Lipinski definition) is 2. The highest BCUT2D eigenvalue weighted by Gasteiger charge is 2.12. The highest BCUT2D eigenvalue weighted by atomic mass is 32.2. The van der Waals surface area contributed by atoms with Gasteiger partial charge in [-0.1, -0.05) is 52.0 Å². The summed E-state index contributed by atoms with van der Waals surface area (Å²) in [6.07, 6.45) is 3.56. The Morgan fingerprint density at radius 3 is 2.32 bits per heavy atom. The number of aryl methyl sites for hydroxylation is 1. The predicted octanol–water partition coefficient (Wildman–Crippen LogP) is 4.82. The molecule has 0 aliphatic rings. The summed E-state index contributed by atoms with van der Waals surface area (Å²) < 4.78 is 0. The van der Waals surface area contributed by atoms with Crippen LogP contribution in [0.25, 0.3) is 0 Å². The van der Waals surface area contributed by atoms with Crippen LogP contribution in [-0.4, -0.2) is 17.5 Å². The van der Waals surface area contributed by atoms with E-state index >= 15 is 0 Å². The largest absolute Gasteiger partial charge is 0.309 e. The number of nitrogens with one attached hydrogen (secondary N) is 1. The second-order valence-electron chi connectivity index (χ2n) is 5.15. The molecule has 1 rings (SSSR count). The van der Waals surface area contributed by atoms with E-state index in [1.807, 2.05) is 0 Å². The minimum atomic E-state index is 0.491. The molecule has 0 aliphatic carbocycles. The molecule has 108 valence electrons. The van der Waals surface area contributed by atoms with E-state index in [-0.39, 0.29) is 0 Å². The van der Waals surface area contributed by atoms with Crippen LogP contribution in [0.3, 0.4) is 0 Å². The Balaban J connectivity index is 2.65. The molecule has 1 nitrogen and oxygen atoms in total. The third-order valence-electron chi connectivity index (χ3n) is 3.55. The van der Waals surface area contributed by atoms with E-state index in [9.17, 15) is 0 Å². The highest BCUT2D eigenvalue weighted by molar-refractivity contribution is 7.99. The lowest BCUT2D eigenvalue weighted by Crippen LogP contribution is -2.24. The van der Waals surface area contributed by atoms with Crippen LogP contribution in [-0.2, 0) is 6.42 Å². The van der Waals surface area contributed by atoms with Gasteiger partial charge in [0.25, 0.3) is 0 Å². The topological polar surface area (TPSA) is 12.0 Å². The summed E-state index contributed by atoms with van der Waals surface area (Å²) in [5.41, 5.74) is 2.86. The molecule has 0 saturated heterocycles. The molecular weight excluding hydrogens is 250 g/mol. The molecule has 0 amide bonds. The van der Waals surface area contributed by atoms with Crippen LogP contribution in [0, 0.1) is 0 Å². The summed E-state index contributed by atoms with van der Waals surface area (Å²) in [7, 11) is 0. The second kappa shape index (κ2) is 9.44. The van der Waals surface area contributed by atoms with Crippen molar-refractivity contribution in [3.63, 3.8) is 0 Å². The first-order chi connectivity index (χ1) is 9.21. The van der Waals surface area contributed by atoms with Gasteiger partial charge in [-0.3, -0.25) is 0 Å². The lowest BCUT2D eigenvalue weighted by Gasteiger charge is -2.20. The predicted molar refractivity (Wildman–Crippen MR) is 89.1 cm³/mol. The van der Waals surface area contributed by atoms with Crippen LogP contribution in [0.1, 0.15) is 57.7 Å². The number of thioether (sulfide) groups is 1. The molecule has 0 radical (unpaired) electrons. The molecule has 1 aromatic carbocycles. The SMILES string of the molecule is CCCNC(CSC(C)CC)c1ccc(CC)cc1. The molecular formula is C17H29NS. The summed E-state index contributed by atoms with van der Waals surface area (Å²) in [5.74, 6) is 1.17. The van der Waals surface area contributed by atoms with Crippen molar-refractivity contribution < 1.29 is 0 Å². The van der Waals surface area contributed by atoms with Crippen molar-refractivity contribution in [2.45, 2.75) is 58.2 Å². The van der Waals surface area contributed by atoms with Crippen molar-refractivity contribution in [1.82, 2.24) is 5.32 Å². The number of rotatable bonds is 9. The Kier molecular flexibility index (Phi) is 8.24. The minimum Gasteiger partial charge on any atom is -0.309 e. The van der Waals surface area contributed by atoms with Gasteiger partial charge in [-0.15, -0.1) is 0 Å². The first-order valence-corrected chi connectivity index (χ1v) is 8.69.